The number of nitrogens with zero attached hydrogens (tertiary/aromatic N) is 1. The van der Waals surface area contributed by atoms with Gasteiger partial charge in [0, 0.05) is 29.1 Å². The van der Waals surface area contributed by atoms with Gasteiger partial charge in [0.05, 0.1) is 11.1 Å². The number of fused-ring (bicyclic) bond motifs is 1. The topological polar surface area (TPSA) is 119 Å². The molecule has 146 valence electrons. The second kappa shape index (κ2) is 7.01. The first-order valence-corrected chi connectivity index (χ1v) is 9.21. The molecule has 0 atom stereocenters. The fourth-order valence-corrected chi connectivity index (χ4v) is 3.80. The lowest BCUT2D eigenvalue weighted by Crippen LogP contribution is -2.24. The van der Waals surface area contributed by atoms with Gasteiger partial charge in [0.15, 0.2) is 0 Å². The summed E-state index contributed by atoms with van der Waals surface area (Å²) >= 11 is 0. The number of benzene rings is 2. The Labute approximate surface area is 165 Å². The fraction of sp³-hybridized carbons (Fsp3) is 0.182. The van der Waals surface area contributed by atoms with Gasteiger partial charge in [-0.15, -0.1) is 0 Å². The van der Waals surface area contributed by atoms with Crippen molar-refractivity contribution < 1.29 is 24.3 Å². The van der Waals surface area contributed by atoms with Crippen molar-refractivity contribution >= 4 is 34.3 Å². The van der Waals surface area contributed by atoms with Crippen molar-refractivity contribution in [1.82, 2.24) is 4.57 Å². The van der Waals surface area contributed by atoms with E-state index < -0.39 is 23.4 Å². The third-order valence-electron chi connectivity index (χ3n) is 5.17. The average molecular weight is 390 g/mol. The predicted molar refractivity (Wildman–Crippen MR) is 105 cm³/mol. The molecule has 4 rings (SSSR count). The number of Topliss-reactive ketones (excluding diaryl/α,β-unsaturated/α-hetero) is 2. The molecular weight excluding hydrogens is 372 g/mol. The molecule has 3 N–H and O–H groups in total. The molecule has 2 aromatic carbocycles. The van der Waals surface area contributed by atoms with Crippen molar-refractivity contribution in [3.8, 4) is 0 Å². The van der Waals surface area contributed by atoms with Gasteiger partial charge in [-0.3, -0.25) is 14.4 Å². The van der Waals surface area contributed by atoms with Gasteiger partial charge in [-0.05, 0) is 30.5 Å². The van der Waals surface area contributed by atoms with E-state index in [1.165, 1.54) is 6.07 Å². The zero-order valence-electron chi connectivity index (χ0n) is 15.4. The molecule has 1 heterocycles. The number of carbonyl (C=O) groups excluding carboxylic acids is 3. The predicted octanol–water partition coefficient (Wildman–Crippen LogP) is 2.50. The lowest BCUT2D eigenvalue weighted by atomic mass is 9.97. The van der Waals surface area contributed by atoms with Crippen LogP contribution in [-0.4, -0.2) is 33.1 Å². The maximum atomic E-state index is 12.8. The molecule has 3 aromatic rings. The summed E-state index contributed by atoms with van der Waals surface area (Å²) in [4.78, 5) is 48.2. The van der Waals surface area contributed by atoms with E-state index in [2.05, 4.69) is 0 Å². The van der Waals surface area contributed by atoms with Gasteiger partial charge in [0.25, 0.3) is 17.5 Å². The standard InChI is InChI=1S/C22H18N2O5/c23-21(27)20(26)17-16-14(19(25)22(28)29)7-4-8-15(16)24(18(17)13-9-10-13)11-12-5-2-1-3-6-12/h1-8,13H,9-11H2,(H2,23,27)(H,28,29). The van der Waals surface area contributed by atoms with Crippen LogP contribution >= 0.6 is 0 Å². The van der Waals surface area contributed by atoms with Crippen LogP contribution < -0.4 is 5.73 Å². The van der Waals surface area contributed by atoms with Crippen molar-refractivity contribution in [1.29, 1.82) is 0 Å². The third-order valence-corrected chi connectivity index (χ3v) is 5.17. The van der Waals surface area contributed by atoms with E-state index >= 15 is 0 Å². The maximum Gasteiger partial charge on any atom is 0.377 e. The molecule has 1 fully saturated rings. The summed E-state index contributed by atoms with van der Waals surface area (Å²) < 4.78 is 1.90. The summed E-state index contributed by atoms with van der Waals surface area (Å²) in [7, 11) is 0. The van der Waals surface area contributed by atoms with E-state index in [0.29, 0.717) is 17.8 Å². The van der Waals surface area contributed by atoms with Crippen LogP contribution in [0.25, 0.3) is 10.9 Å². The molecule has 7 nitrogen and oxygen atoms in total. The summed E-state index contributed by atoms with van der Waals surface area (Å²) in [6.07, 6.45) is 1.68. The molecule has 1 saturated carbocycles. The molecule has 1 aliphatic rings. The van der Waals surface area contributed by atoms with Gasteiger partial charge in [-0.1, -0.05) is 36.4 Å². The molecule has 0 aliphatic heterocycles. The van der Waals surface area contributed by atoms with Crippen molar-refractivity contribution in [3.63, 3.8) is 0 Å². The minimum absolute atomic E-state index is 0.0520. The first-order chi connectivity index (χ1) is 13.9. The van der Waals surface area contributed by atoms with Crippen LogP contribution in [0.15, 0.2) is 48.5 Å². The van der Waals surface area contributed by atoms with E-state index in [1.54, 1.807) is 12.1 Å². The number of amides is 1. The molecule has 1 aliphatic carbocycles. The van der Waals surface area contributed by atoms with Crippen LogP contribution in [0.4, 0.5) is 0 Å². The molecule has 1 aromatic heterocycles. The molecule has 0 unspecified atom stereocenters. The summed E-state index contributed by atoms with van der Waals surface area (Å²) in [5.41, 5.74) is 7.38. The van der Waals surface area contributed by atoms with Gasteiger partial charge in [0.2, 0.25) is 0 Å². The van der Waals surface area contributed by atoms with Gasteiger partial charge >= 0.3 is 5.97 Å². The average Bonchev–Trinajstić information content (AvgIpc) is 3.50. The lowest BCUT2D eigenvalue weighted by molar-refractivity contribution is -0.131. The van der Waals surface area contributed by atoms with Crippen LogP contribution in [-0.2, 0) is 16.1 Å². The Kier molecular flexibility index (Phi) is 4.50. The molecule has 7 heteroatoms. The summed E-state index contributed by atoms with van der Waals surface area (Å²) in [6.45, 7) is 0.417. The van der Waals surface area contributed by atoms with Crippen molar-refractivity contribution in [2.75, 3.05) is 0 Å². The second-order valence-electron chi connectivity index (χ2n) is 7.13. The minimum atomic E-state index is -1.63. The third kappa shape index (κ3) is 3.20. The number of carbonyl (C=O) groups is 4. The van der Waals surface area contributed by atoms with E-state index in [0.717, 1.165) is 18.4 Å². The van der Waals surface area contributed by atoms with E-state index in [1.807, 2.05) is 34.9 Å². The van der Waals surface area contributed by atoms with Gasteiger partial charge in [0.1, 0.15) is 0 Å². The highest BCUT2D eigenvalue weighted by Crippen LogP contribution is 2.46. The van der Waals surface area contributed by atoms with Crippen molar-refractivity contribution in [2.24, 2.45) is 5.73 Å². The van der Waals surface area contributed by atoms with Gasteiger partial charge in [-0.2, -0.15) is 0 Å². The van der Waals surface area contributed by atoms with Crippen LogP contribution in [0.1, 0.15) is 50.7 Å². The molecule has 1 amide bonds. The number of aliphatic carboxylic acids is 1. The molecule has 0 saturated heterocycles. The number of nitrogens with two attached hydrogens (primary N) is 1. The lowest BCUT2D eigenvalue weighted by Gasteiger charge is -2.11. The van der Waals surface area contributed by atoms with Crippen LogP contribution in [0.2, 0.25) is 0 Å². The number of ketones is 2. The van der Waals surface area contributed by atoms with Gasteiger partial charge in [-0.25, -0.2) is 4.79 Å². The number of carboxylic acid groups (broad SMARTS) is 1. The quantitative estimate of drug-likeness (QED) is 0.474. The number of aromatic nitrogens is 1. The number of hydrogen-bond donors (Lipinski definition) is 2. The highest BCUT2D eigenvalue weighted by molar-refractivity contribution is 6.48. The van der Waals surface area contributed by atoms with Crippen LogP contribution in [0.3, 0.4) is 0 Å². The van der Waals surface area contributed by atoms with Crippen molar-refractivity contribution in [2.45, 2.75) is 25.3 Å². The Bertz CT molecular complexity index is 1170. The normalized spacial score (nSPS) is 13.4. The Morgan fingerprint density at radius 3 is 2.24 bits per heavy atom. The number of hydrogen-bond acceptors (Lipinski definition) is 4. The van der Waals surface area contributed by atoms with Crippen molar-refractivity contribution in [3.05, 3.63) is 70.9 Å². The van der Waals surface area contributed by atoms with E-state index in [4.69, 9.17) is 5.73 Å². The summed E-state index contributed by atoms with van der Waals surface area (Å²) in [5, 5.41) is 9.42. The molecule has 29 heavy (non-hydrogen) atoms. The smallest absolute Gasteiger partial charge is 0.377 e. The Morgan fingerprint density at radius 1 is 0.966 bits per heavy atom. The SMILES string of the molecule is NC(=O)C(=O)c1c(C2CC2)n(Cc2ccccc2)c2cccc(C(=O)C(=O)O)c12. The molecule has 0 spiro atoms. The van der Waals surface area contributed by atoms with E-state index in [-0.39, 0.29) is 22.4 Å². The largest absolute Gasteiger partial charge is 0.475 e. The van der Waals surface area contributed by atoms with E-state index in [9.17, 15) is 24.3 Å². The summed E-state index contributed by atoms with van der Waals surface area (Å²) in [6, 6.07) is 14.2. The maximum absolute atomic E-state index is 12.8. The van der Waals surface area contributed by atoms with Crippen LogP contribution in [0.5, 0.6) is 0 Å². The number of rotatable bonds is 7. The summed E-state index contributed by atoms with van der Waals surface area (Å²) in [5.74, 6) is -4.75. The molecule has 0 bridgehead atoms. The Balaban J connectivity index is 2.07. The van der Waals surface area contributed by atoms with Gasteiger partial charge < -0.3 is 15.4 Å². The minimum Gasteiger partial charge on any atom is -0.475 e. The number of primary amides is 1. The monoisotopic (exact) mass is 390 g/mol. The highest BCUT2D eigenvalue weighted by Gasteiger charge is 2.37. The zero-order valence-corrected chi connectivity index (χ0v) is 15.4. The number of carboxylic acids is 1. The Hall–Kier alpha value is -3.74. The Morgan fingerprint density at radius 2 is 1.66 bits per heavy atom. The van der Waals surface area contributed by atoms with Crippen LogP contribution in [0, 0.1) is 0 Å². The first-order valence-electron chi connectivity index (χ1n) is 9.21. The fourth-order valence-electron chi connectivity index (χ4n) is 3.80. The molecule has 0 radical (unpaired) electrons. The zero-order chi connectivity index (χ0) is 20.7. The first kappa shape index (κ1) is 18.6. The highest BCUT2D eigenvalue weighted by atomic mass is 16.4. The second-order valence-corrected chi connectivity index (χ2v) is 7.13. The molecular formula is C22H18N2O5.